The van der Waals surface area contributed by atoms with Crippen molar-refractivity contribution < 1.29 is 23.9 Å². The zero-order valence-corrected chi connectivity index (χ0v) is 17.2. The number of benzene rings is 2. The van der Waals surface area contributed by atoms with E-state index in [0.717, 1.165) is 0 Å². The van der Waals surface area contributed by atoms with Gasteiger partial charge in [-0.15, -0.1) is 0 Å². The van der Waals surface area contributed by atoms with Gasteiger partial charge in [-0.1, -0.05) is 42.5 Å². The highest BCUT2D eigenvalue weighted by Gasteiger charge is 2.31. The fourth-order valence-corrected chi connectivity index (χ4v) is 3.38. The lowest BCUT2D eigenvalue weighted by Gasteiger charge is -2.27. The van der Waals surface area contributed by atoms with Crippen molar-refractivity contribution in [2.45, 2.75) is 26.4 Å². The Bertz CT molecular complexity index is 895. The second-order valence-electron chi connectivity index (χ2n) is 6.84. The van der Waals surface area contributed by atoms with Crippen LogP contribution in [-0.4, -0.2) is 48.9 Å². The van der Waals surface area contributed by atoms with E-state index in [4.69, 9.17) is 9.47 Å². The molecule has 0 aliphatic carbocycles. The van der Waals surface area contributed by atoms with E-state index in [1.165, 1.54) is 4.90 Å². The molecule has 0 radical (unpaired) electrons. The van der Waals surface area contributed by atoms with Crippen molar-refractivity contribution >= 4 is 23.5 Å². The van der Waals surface area contributed by atoms with Gasteiger partial charge in [0.05, 0.1) is 18.7 Å². The highest BCUT2D eigenvalue weighted by atomic mass is 16.5. The second-order valence-corrected chi connectivity index (χ2v) is 6.84. The molecular formula is C23H26N2O5. The van der Waals surface area contributed by atoms with Gasteiger partial charge in [0.15, 0.2) is 0 Å². The third kappa shape index (κ3) is 4.79. The number of hydrogen-bond acceptors (Lipinski definition) is 5. The third-order valence-corrected chi connectivity index (χ3v) is 4.97. The van der Waals surface area contributed by atoms with Gasteiger partial charge in [-0.25, -0.2) is 0 Å². The highest BCUT2D eigenvalue weighted by Crippen LogP contribution is 2.31. The molecular weight excluding hydrogens is 384 g/mol. The van der Waals surface area contributed by atoms with Crippen molar-refractivity contribution in [2.24, 2.45) is 0 Å². The first-order valence-electron chi connectivity index (χ1n) is 10.1. The first kappa shape index (κ1) is 21.4. The molecule has 1 aliphatic heterocycles. The summed E-state index contributed by atoms with van der Waals surface area (Å²) >= 11 is 0. The summed E-state index contributed by atoms with van der Waals surface area (Å²) in [5.74, 6) is -0.641. The molecule has 7 nitrogen and oxygen atoms in total. The maximum absolute atomic E-state index is 13.0. The minimum absolute atomic E-state index is 0.155. The van der Waals surface area contributed by atoms with Gasteiger partial charge < -0.3 is 14.4 Å². The Morgan fingerprint density at radius 3 is 2.43 bits per heavy atom. The summed E-state index contributed by atoms with van der Waals surface area (Å²) in [7, 11) is 0. The first-order valence-corrected chi connectivity index (χ1v) is 10.1. The molecule has 30 heavy (non-hydrogen) atoms. The van der Waals surface area contributed by atoms with E-state index in [9.17, 15) is 14.4 Å². The number of carbonyl (C=O) groups is 3. The number of amides is 2. The molecule has 2 aromatic rings. The number of fused-ring (bicyclic) bond motifs is 1. The molecule has 0 saturated heterocycles. The number of hydrogen-bond donors (Lipinski definition) is 0. The van der Waals surface area contributed by atoms with E-state index in [2.05, 4.69) is 0 Å². The second kappa shape index (κ2) is 9.91. The molecule has 7 heteroatoms. The molecule has 1 aliphatic rings. The summed E-state index contributed by atoms with van der Waals surface area (Å²) in [5.41, 5.74) is 1.11. The minimum atomic E-state index is -1.06. The third-order valence-electron chi connectivity index (χ3n) is 4.97. The van der Waals surface area contributed by atoms with Crippen LogP contribution in [0.4, 0.5) is 5.69 Å². The lowest BCUT2D eigenvalue weighted by atomic mass is 10.1. The Morgan fingerprint density at radius 1 is 1.07 bits per heavy atom. The van der Waals surface area contributed by atoms with Crippen LogP contribution >= 0.6 is 0 Å². The normalized spacial score (nSPS) is 14.2. The number of rotatable bonds is 7. The van der Waals surface area contributed by atoms with E-state index in [1.807, 2.05) is 19.9 Å². The fourth-order valence-electron chi connectivity index (χ4n) is 3.38. The van der Waals surface area contributed by atoms with Crippen molar-refractivity contribution in [1.82, 2.24) is 4.90 Å². The molecule has 158 valence electrons. The Balaban J connectivity index is 1.82. The highest BCUT2D eigenvalue weighted by molar-refractivity contribution is 6.00. The number of esters is 1. The monoisotopic (exact) mass is 410 g/mol. The molecule has 0 aromatic heterocycles. The Kier molecular flexibility index (Phi) is 7.06. The molecule has 2 aromatic carbocycles. The van der Waals surface area contributed by atoms with E-state index >= 15 is 0 Å². The predicted molar refractivity (Wildman–Crippen MR) is 112 cm³/mol. The molecule has 3 rings (SSSR count). The van der Waals surface area contributed by atoms with Gasteiger partial charge in [0.1, 0.15) is 12.3 Å². The fraction of sp³-hybridized carbons (Fsp3) is 0.348. The molecule has 1 atom stereocenters. The van der Waals surface area contributed by atoms with Crippen LogP contribution in [0.15, 0.2) is 54.6 Å². The van der Waals surface area contributed by atoms with Crippen molar-refractivity contribution in [1.29, 1.82) is 0 Å². The van der Waals surface area contributed by atoms with Gasteiger partial charge in [0.25, 0.3) is 5.91 Å². The Hall–Kier alpha value is -3.35. The summed E-state index contributed by atoms with van der Waals surface area (Å²) in [6.07, 6.45) is -0.908. The van der Waals surface area contributed by atoms with Gasteiger partial charge in [0.2, 0.25) is 12.0 Å². The average Bonchev–Trinajstić information content (AvgIpc) is 2.92. The summed E-state index contributed by atoms with van der Waals surface area (Å²) in [6.45, 7) is 4.70. The van der Waals surface area contributed by atoms with Crippen molar-refractivity contribution in [3.05, 3.63) is 60.2 Å². The van der Waals surface area contributed by atoms with E-state index in [1.54, 1.807) is 53.4 Å². The van der Waals surface area contributed by atoms with Crippen molar-refractivity contribution in [3.8, 4) is 5.75 Å². The summed E-state index contributed by atoms with van der Waals surface area (Å²) in [6, 6.07) is 16.0. The van der Waals surface area contributed by atoms with E-state index in [0.29, 0.717) is 30.1 Å². The molecule has 0 bridgehead atoms. The van der Waals surface area contributed by atoms with Crippen LogP contribution < -0.4 is 9.64 Å². The number of nitrogens with zero attached hydrogens (tertiary/aromatic N) is 2. The maximum Gasteiger partial charge on any atom is 0.327 e. The van der Waals surface area contributed by atoms with Crippen LogP contribution in [0.3, 0.4) is 0 Å². The van der Waals surface area contributed by atoms with Crippen LogP contribution in [0.1, 0.15) is 31.9 Å². The van der Waals surface area contributed by atoms with Crippen LogP contribution in [0.5, 0.6) is 5.75 Å². The molecule has 2 amide bonds. The minimum Gasteiger partial charge on any atom is -0.491 e. The molecule has 0 fully saturated rings. The first-order chi connectivity index (χ1) is 14.5. The number of para-hydroxylation sites is 2. The van der Waals surface area contributed by atoms with Crippen LogP contribution in [0.25, 0.3) is 0 Å². The van der Waals surface area contributed by atoms with Crippen molar-refractivity contribution in [2.75, 3.05) is 31.1 Å². The predicted octanol–water partition coefficient (Wildman–Crippen LogP) is 2.96. The van der Waals surface area contributed by atoms with Gasteiger partial charge in [-0.2, -0.15) is 0 Å². The largest absolute Gasteiger partial charge is 0.491 e. The van der Waals surface area contributed by atoms with Gasteiger partial charge in [-0.05, 0) is 26.0 Å². The zero-order valence-electron chi connectivity index (χ0n) is 17.2. The SMILES string of the molecule is CCN(CC)C(=O)[C@@H](OC(=O)CN1C(=O)CCOc2ccccc21)c1ccccc1. The Labute approximate surface area is 176 Å². The van der Waals surface area contributed by atoms with Crippen molar-refractivity contribution in [3.63, 3.8) is 0 Å². The van der Waals surface area contributed by atoms with Crippen LogP contribution in [0.2, 0.25) is 0 Å². The molecule has 0 spiro atoms. The molecule has 0 N–H and O–H groups in total. The topological polar surface area (TPSA) is 76.2 Å². The van der Waals surface area contributed by atoms with E-state index in [-0.39, 0.29) is 31.4 Å². The standard InChI is InChI=1S/C23H26N2O5/c1-3-24(4-2)23(28)22(17-10-6-5-7-11-17)30-21(27)16-25-18-12-8-9-13-19(18)29-15-14-20(25)26/h5-13,22H,3-4,14-16H2,1-2H3/t22-/m0/s1. The summed E-state index contributed by atoms with van der Waals surface area (Å²) in [4.78, 5) is 41.4. The number of likely N-dealkylation sites (N-methyl/N-ethyl adjacent to an activating group) is 1. The summed E-state index contributed by atoms with van der Waals surface area (Å²) < 4.78 is 11.2. The lowest BCUT2D eigenvalue weighted by molar-refractivity contribution is -0.160. The van der Waals surface area contributed by atoms with E-state index < -0.39 is 12.1 Å². The molecule has 1 heterocycles. The van der Waals surface area contributed by atoms with Gasteiger partial charge in [0, 0.05) is 18.7 Å². The average molecular weight is 410 g/mol. The number of carbonyl (C=O) groups excluding carboxylic acids is 3. The lowest BCUT2D eigenvalue weighted by Crippen LogP contribution is -2.40. The Morgan fingerprint density at radius 2 is 1.73 bits per heavy atom. The quantitative estimate of drug-likeness (QED) is 0.656. The smallest absolute Gasteiger partial charge is 0.327 e. The summed E-state index contributed by atoms with van der Waals surface area (Å²) in [5, 5.41) is 0. The molecule has 0 saturated carbocycles. The number of ether oxygens (including phenoxy) is 2. The van der Waals surface area contributed by atoms with Crippen LogP contribution in [-0.2, 0) is 19.1 Å². The maximum atomic E-state index is 13.0. The van der Waals surface area contributed by atoms with Crippen LogP contribution in [0, 0.1) is 0 Å². The number of anilines is 1. The van der Waals surface area contributed by atoms with Gasteiger partial charge in [-0.3, -0.25) is 19.3 Å². The van der Waals surface area contributed by atoms with Gasteiger partial charge >= 0.3 is 5.97 Å². The zero-order chi connectivity index (χ0) is 21.5. The molecule has 0 unspecified atom stereocenters.